The van der Waals surface area contributed by atoms with Gasteiger partial charge in [-0.25, -0.2) is 4.98 Å². The van der Waals surface area contributed by atoms with Crippen LogP contribution in [0.4, 0.5) is 0 Å². The van der Waals surface area contributed by atoms with Gasteiger partial charge in [-0.2, -0.15) is 0 Å². The van der Waals surface area contributed by atoms with Crippen LogP contribution in [0.25, 0.3) is 21.0 Å². The van der Waals surface area contributed by atoms with Crippen LogP contribution in [0, 0.1) is 0 Å². The van der Waals surface area contributed by atoms with Crippen molar-refractivity contribution in [3.63, 3.8) is 0 Å². The van der Waals surface area contributed by atoms with Crippen LogP contribution in [0.15, 0.2) is 29.8 Å². The van der Waals surface area contributed by atoms with Gasteiger partial charge < -0.3 is 9.47 Å². The first-order valence-electron chi connectivity index (χ1n) is 5.71. The fourth-order valence-electron chi connectivity index (χ4n) is 2.10. The molecule has 4 nitrogen and oxygen atoms in total. The normalized spacial score (nSPS) is 10.8. The number of nitrogens with zero attached hydrogens (tertiary/aromatic N) is 1. The summed E-state index contributed by atoms with van der Waals surface area (Å²) in [5.41, 5.74) is 2.70. The van der Waals surface area contributed by atoms with Crippen LogP contribution in [-0.4, -0.2) is 18.1 Å². The van der Waals surface area contributed by atoms with E-state index in [4.69, 9.17) is 9.47 Å². The van der Waals surface area contributed by atoms with Gasteiger partial charge in [0.15, 0.2) is 0 Å². The van der Waals surface area contributed by atoms with Crippen molar-refractivity contribution in [2.24, 2.45) is 0 Å². The van der Waals surface area contributed by atoms with E-state index in [0.29, 0.717) is 11.5 Å². The van der Waals surface area contributed by atoms with E-state index in [2.05, 4.69) is 4.98 Å². The highest BCUT2D eigenvalue weighted by Crippen LogP contribution is 2.36. The first kappa shape index (κ1) is 11.9. The van der Waals surface area contributed by atoms with Crippen LogP contribution >= 0.6 is 11.3 Å². The Bertz CT molecular complexity index is 779. The first-order chi connectivity index (χ1) is 9.19. The lowest BCUT2D eigenvalue weighted by Crippen LogP contribution is -2.01. The van der Waals surface area contributed by atoms with Crippen LogP contribution < -0.4 is 9.47 Å². The molecule has 3 rings (SSSR count). The summed E-state index contributed by atoms with van der Waals surface area (Å²) >= 11 is 1.58. The third-order valence-corrected chi connectivity index (χ3v) is 3.64. The SMILES string of the molecule is COc1cc(OC(C)=O)cc2c1ccc1scnc12. The summed E-state index contributed by atoms with van der Waals surface area (Å²) < 4.78 is 11.6. The predicted octanol–water partition coefficient (Wildman–Crippen LogP) is 3.38. The van der Waals surface area contributed by atoms with Crippen LogP contribution in [0.1, 0.15) is 6.92 Å². The van der Waals surface area contributed by atoms with Gasteiger partial charge in [-0.15, -0.1) is 11.3 Å². The molecule has 0 aliphatic rings. The first-order valence-corrected chi connectivity index (χ1v) is 6.59. The fourth-order valence-corrected chi connectivity index (χ4v) is 2.79. The maximum absolute atomic E-state index is 11.1. The average Bonchev–Trinajstić information content (AvgIpc) is 2.85. The second-order valence-corrected chi connectivity index (χ2v) is 4.97. The summed E-state index contributed by atoms with van der Waals surface area (Å²) in [7, 11) is 1.59. The molecule has 3 aromatic rings. The number of fused-ring (bicyclic) bond motifs is 3. The van der Waals surface area contributed by atoms with Gasteiger partial charge in [-0.05, 0) is 18.2 Å². The highest BCUT2D eigenvalue weighted by Gasteiger charge is 2.11. The van der Waals surface area contributed by atoms with E-state index < -0.39 is 0 Å². The van der Waals surface area contributed by atoms with Crippen molar-refractivity contribution in [1.29, 1.82) is 0 Å². The zero-order chi connectivity index (χ0) is 13.4. The Morgan fingerprint density at radius 1 is 1.26 bits per heavy atom. The number of hydrogen-bond acceptors (Lipinski definition) is 5. The van der Waals surface area contributed by atoms with E-state index in [1.54, 1.807) is 30.0 Å². The van der Waals surface area contributed by atoms with Crippen LogP contribution in [-0.2, 0) is 4.79 Å². The van der Waals surface area contributed by atoms with E-state index in [9.17, 15) is 4.79 Å². The number of rotatable bonds is 2. The van der Waals surface area contributed by atoms with E-state index in [-0.39, 0.29) is 5.97 Å². The zero-order valence-corrected chi connectivity index (χ0v) is 11.3. The minimum absolute atomic E-state index is 0.355. The topological polar surface area (TPSA) is 48.4 Å². The molecule has 0 fully saturated rings. The van der Waals surface area contributed by atoms with Gasteiger partial charge in [0.25, 0.3) is 0 Å². The van der Waals surface area contributed by atoms with E-state index >= 15 is 0 Å². The zero-order valence-electron chi connectivity index (χ0n) is 10.5. The summed E-state index contributed by atoms with van der Waals surface area (Å²) in [6.45, 7) is 1.38. The van der Waals surface area contributed by atoms with Gasteiger partial charge in [0, 0.05) is 23.8 Å². The van der Waals surface area contributed by atoms with E-state index in [0.717, 1.165) is 21.0 Å². The number of esters is 1. The number of hydrogen-bond donors (Lipinski definition) is 0. The maximum atomic E-state index is 11.1. The molecule has 0 saturated carbocycles. The third-order valence-electron chi connectivity index (χ3n) is 2.85. The number of ether oxygens (including phenoxy) is 2. The highest BCUT2D eigenvalue weighted by atomic mass is 32.1. The van der Waals surface area contributed by atoms with Crippen LogP contribution in [0.5, 0.6) is 11.5 Å². The monoisotopic (exact) mass is 273 g/mol. The number of aromatic nitrogens is 1. The van der Waals surface area contributed by atoms with Crippen molar-refractivity contribution in [2.45, 2.75) is 6.92 Å². The summed E-state index contributed by atoms with van der Waals surface area (Å²) in [4.78, 5) is 15.5. The van der Waals surface area contributed by atoms with Gasteiger partial charge in [-0.3, -0.25) is 4.79 Å². The smallest absolute Gasteiger partial charge is 0.308 e. The number of thiazole rings is 1. The molecule has 0 aliphatic heterocycles. The molecule has 1 heterocycles. The fraction of sp³-hybridized carbons (Fsp3) is 0.143. The molecule has 0 atom stereocenters. The van der Waals surface area contributed by atoms with Gasteiger partial charge in [0.1, 0.15) is 11.5 Å². The quantitative estimate of drug-likeness (QED) is 0.530. The van der Waals surface area contributed by atoms with Crippen molar-refractivity contribution in [3.05, 3.63) is 29.8 Å². The molecule has 0 spiro atoms. The van der Waals surface area contributed by atoms with Crippen molar-refractivity contribution < 1.29 is 14.3 Å². The minimum atomic E-state index is -0.355. The molecule has 5 heteroatoms. The molecule has 2 aromatic carbocycles. The Morgan fingerprint density at radius 3 is 2.84 bits per heavy atom. The lowest BCUT2D eigenvalue weighted by Gasteiger charge is -2.09. The Labute approximate surface area is 113 Å². The predicted molar refractivity (Wildman–Crippen MR) is 75.0 cm³/mol. The molecule has 0 aliphatic carbocycles. The number of carbonyl (C=O) groups excluding carboxylic acids is 1. The number of carbonyl (C=O) groups is 1. The summed E-state index contributed by atoms with van der Waals surface area (Å²) in [6, 6.07) is 7.54. The third kappa shape index (κ3) is 2.02. The molecular formula is C14H11NO3S. The van der Waals surface area contributed by atoms with Gasteiger partial charge >= 0.3 is 5.97 Å². The summed E-state index contributed by atoms with van der Waals surface area (Å²) in [6.07, 6.45) is 0. The van der Waals surface area contributed by atoms with Crippen molar-refractivity contribution in [2.75, 3.05) is 7.11 Å². The van der Waals surface area contributed by atoms with Crippen molar-refractivity contribution in [1.82, 2.24) is 4.98 Å². The van der Waals surface area contributed by atoms with Gasteiger partial charge in [-0.1, -0.05) is 0 Å². The van der Waals surface area contributed by atoms with E-state index in [1.807, 2.05) is 18.2 Å². The standard InChI is InChI=1S/C14H11NO3S/c1-8(16)18-9-5-11-10(12(6-9)17-2)3-4-13-14(11)15-7-19-13/h3-7H,1-2H3. The molecule has 0 N–H and O–H groups in total. The molecule has 0 saturated heterocycles. The Morgan fingerprint density at radius 2 is 2.11 bits per heavy atom. The number of methoxy groups -OCH3 is 1. The van der Waals surface area contributed by atoms with Crippen molar-refractivity contribution in [3.8, 4) is 11.5 Å². The second kappa shape index (κ2) is 4.51. The Kier molecular flexibility index (Phi) is 2.83. The minimum Gasteiger partial charge on any atom is -0.496 e. The van der Waals surface area contributed by atoms with Crippen molar-refractivity contribution >= 4 is 38.3 Å². The van der Waals surface area contributed by atoms with Crippen LogP contribution in [0.2, 0.25) is 0 Å². The molecule has 0 bridgehead atoms. The maximum Gasteiger partial charge on any atom is 0.308 e. The molecule has 96 valence electrons. The van der Waals surface area contributed by atoms with Crippen LogP contribution in [0.3, 0.4) is 0 Å². The van der Waals surface area contributed by atoms with Gasteiger partial charge in [0.05, 0.1) is 22.8 Å². The van der Waals surface area contributed by atoms with Gasteiger partial charge in [0.2, 0.25) is 0 Å². The Balaban J connectivity index is 2.34. The largest absolute Gasteiger partial charge is 0.496 e. The molecular weight excluding hydrogens is 262 g/mol. The highest BCUT2D eigenvalue weighted by molar-refractivity contribution is 7.16. The van der Waals surface area contributed by atoms with E-state index in [1.165, 1.54) is 6.92 Å². The molecule has 0 radical (unpaired) electrons. The molecule has 19 heavy (non-hydrogen) atoms. The summed E-state index contributed by atoms with van der Waals surface area (Å²) in [5.74, 6) is 0.785. The molecule has 1 aromatic heterocycles. The lowest BCUT2D eigenvalue weighted by molar-refractivity contribution is -0.131. The summed E-state index contributed by atoms with van der Waals surface area (Å²) in [5, 5.41) is 1.88. The molecule has 0 unspecified atom stereocenters. The average molecular weight is 273 g/mol. The Hall–Kier alpha value is -2.14. The second-order valence-electron chi connectivity index (χ2n) is 4.08. The lowest BCUT2D eigenvalue weighted by atomic mass is 10.1. The number of benzene rings is 2. The molecule has 0 amide bonds.